The molecule has 2 aromatic carbocycles. The Labute approximate surface area is 232 Å². The fraction of sp³-hybridized carbons (Fsp3) is 0.179. The molecule has 0 saturated carbocycles. The Kier molecular flexibility index (Phi) is 7.68. The summed E-state index contributed by atoms with van der Waals surface area (Å²) in [6.07, 6.45) is 7.67. The average Bonchev–Trinajstić information content (AvgIpc) is 3.42. The molecule has 0 bridgehead atoms. The van der Waals surface area contributed by atoms with E-state index in [9.17, 15) is 13.2 Å². The van der Waals surface area contributed by atoms with Crippen molar-refractivity contribution in [1.82, 2.24) is 24.6 Å². The van der Waals surface area contributed by atoms with Crippen LogP contribution in [0.3, 0.4) is 0 Å². The fourth-order valence-electron chi connectivity index (χ4n) is 4.27. The SMILES string of the molecule is Cc1ccc(NC(=O)c2ccc(S(=O)(=O)NC3CCN(C#N)C3)cc2)cc1Nc1nccc(-c2cccnc2)n1. The number of carbonyl (C=O) groups is 1. The van der Waals surface area contributed by atoms with Crippen molar-refractivity contribution in [2.24, 2.45) is 0 Å². The standard InChI is InChI=1S/C28H26N8O3S/c1-19-4-7-22(15-26(19)34-28-31-13-10-25(33-28)21-3-2-12-30-16-21)32-27(37)20-5-8-24(9-6-20)40(38,39)35-23-11-14-36(17-23)18-29/h2-10,12-13,15-16,23,35H,11,14,17H2,1H3,(H,32,37)(H,31,33,34). The highest BCUT2D eigenvalue weighted by atomic mass is 32.2. The number of rotatable bonds is 8. The Bertz CT molecular complexity index is 1670. The van der Waals surface area contributed by atoms with E-state index in [4.69, 9.17) is 5.26 Å². The second-order valence-corrected chi connectivity index (χ2v) is 11.0. The molecule has 40 heavy (non-hydrogen) atoms. The number of nitrogens with zero attached hydrogens (tertiary/aromatic N) is 5. The highest BCUT2D eigenvalue weighted by molar-refractivity contribution is 7.89. The molecule has 1 unspecified atom stereocenters. The second-order valence-electron chi connectivity index (χ2n) is 9.29. The lowest BCUT2D eigenvalue weighted by Gasteiger charge is -2.14. The summed E-state index contributed by atoms with van der Waals surface area (Å²) < 4.78 is 28.1. The van der Waals surface area contributed by atoms with Crippen LogP contribution in [0.25, 0.3) is 11.3 Å². The molecule has 12 heteroatoms. The Morgan fingerprint density at radius 1 is 1.10 bits per heavy atom. The van der Waals surface area contributed by atoms with Gasteiger partial charge in [-0.25, -0.2) is 23.1 Å². The first-order valence-electron chi connectivity index (χ1n) is 12.5. The summed E-state index contributed by atoms with van der Waals surface area (Å²) >= 11 is 0. The van der Waals surface area contributed by atoms with E-state index >= 15 is 0 Å². The molecular formula is C28H26N8O3S. The lowest BCUT2D eigenvalue weighted by molar-refractivity contribution is 0.102. The van der Waals surface area contributed by atoms with Crippen molar-refractivity contribution in [3.63, 3.8) is 0 Å². The van der Waals surface area contributed by atoms with Crippen molar-refractivity contribution >= 4 is 33.3 Å². The van der Waals surface area contributed by atoms with Crippen LogP contribution in [-0.2, 0) is 10.0 Å². The maximum Gasteiger partial charge on any atom is 0.255 e. The van der Waals surface area contributed by atoms with Crippen molar-refractivity contribution < 1.29 is 13.2 Å². The van der Waals surface area contributed by atoms with Gasteiger partial charge in [0.05, 0.1) is 10.6 Å². The highest BCUT2D eigenvalue weighted by Gasteiger charge is 2.27. The quantitative estimate of drug-likeness (QED) is 0.277. The summed E-state index contributed by atoms with van der Waals surface area (Å²) in [4.78, 5) is 27.5. The topological polar surface area (TPSA) is 153 Å². The first-order valence-corrected chi connectivity index (χ1v) is 14.0. The number of pyridine rings is 1. The summed E-state index contributed by atoms with van der Waals surface area (Å²) in [5, 5.41) is 15.0. The molecule has 1 aliphatic heterocycles. The molecule has 1 aliphatic rings. The molecule has 202 valence electrons. The van der Waals surface area contributed by atoms with E-state index in [0.29, 0.717) is 36.7 Å². The van der Waals surface area contributed by atoms with Crippen molar-refractivity contribution in [3.05, 3.63) is 90.4 Å². The van der Waals surface area contributed by atoms with Gasteiger partial charge >= 0.3 is 0 Å². The molecule has 1 fully saturated rings. The number of aromatic nitrogens is 3. The second kappa shape index (κ2) is 11.5. The van der Waals surface area contributed by atoms with Crippen molar-refractivity contribution in [2.75, 3.05) is 23.7 Å². The number of sulfonamides is 1. The van der Waals surface area contributed by atoms with Gasteiger partial charge in [0.15, 0.2) is 6.19 Å². The number of benzene rings is 2. The molecular weight excluding hydrogens is 528 g/mol. The summed E-state index contributed by atoms with van der Waals surface area (Å²) in [5.74, 6) is 0.0123. The largest absolute Gasteiger partial charge is 0.324 e. The zero-order valence-electron chi connectivity index (χ0n) is 21.6. The lowest BCUT2D eigenvalue weighted by atomic mass is 10.1. The van der Waals surface area contributed by atoms with E-state index in [1.165, 1.54) is 29.2 Å². The van der Waals surface area contributed by atoms with Crippen LogP contribution in [0.2, 0.25) is 0 Å². The third kappa shape index (κ3) is 6.23. The van der Waals surface area contributed by atoms with Gasteiger partial charge in [0.1, 0.15) is 0 Å². The fourth-order valence-corrected chi connectivity index (χ4v) is 5.53. The molecule has 4 aromatic rings. The molecule has 0 aliphatic carbocycles. The Morgan fingerprint density at radius 3 is 2.65 bits per heavy atom. The van der Waals surface area contributed by atoms with Gasteiger partial charge in [-0.1, -0.05) is 6.07 Å². The van der Waals surface area contributed by atoms with Crippen molar-refractivity contribution in [3.8, 4) is 17.5 Å². The van der Waals surface area contributed by atoms with Crippen molar-refractivity contribution in [2.45, 2.75) is 24.3 Å². The first-order chi connectivity index (χ1) is 19.3. The minimum Gasteiger partial charge on any atom is -0.324 e. The summed E-state index contributed by atoms with van der Waals surface area (Å²) in [7, 11) is -3.78. The van der Waals surface area contributed by atoms with Gasteiger partial charge in [-0.3, -0.25) is 9.78 Å². The molecule has 1 amide bonds. The third-order valence-corrected chi connectivity index (χ3v) is 7.97. The van der Waals surface area contributed by atoms with Gasteiger partial charge in [0.2, 0.25) is 16.0 Å². The van der Waals surface area contributed by atoms with Gasteiger partial charge in [-0.15, -0.1) is 0 Å². The highest BCUT2D eigenvalue weighted by Crippen LogP contribution is 2.25. The van der Waals surface area contributed by atoms with Crippen LogP contribution in [0.4, 0.5) is 17.3 Å². The maximum absolute atomic E-state index is 12.9. The van der Waals surface area contributed by atoms with Crippen LogP contribution in [0.1, 0.15) is 22.3 Å². The van der Waals surface area contributed by atoms with Crippen LogP contribution in [0, 0.1) is 18.4 Å². The van der Waals surface area contributed by atoms with Gasteiger partial charge < -0.3 is 15.5 Å². The number of likely N-dealkylation sites (tertiary alicyclic amines) is 1. The third-order valence-electron chi connectivity index (χ3n) is 6.43. The Hall–Kier alpha value is -4.86. The maximum atomic E-state index is 12.9. The van der Waals surface area contributed by atoms with Crippen LogP contribution in [0.15, 0.2) is 84.1 Å². The van der Waals surface area contributed by atoms with Crippen LogP contribution < -0.4 is 15.4 Å². The van der Waals surface area contributed by atoms with Crippen LogP contribution in [-0.4, -0.2) is 53.3 Å². The van der Waals surface area contributed by atoms with Gasteiger partial charge in [-0.05, 0) is 73.5 Å². The predicted molar refractivity (Wildman–Crippen MR) is 150 cm³/mol. The minimum atomic E-state index is -3.78. The van der Waals surface area contributed by atoms with Crippen LogP contribution in [0.5, 0.6) is 0 Å². The van der Waals surface area contributed by atoms with E-state index in [-0.39, 0.29) is 16.8 Å². The van der Waals surface area contributed by atoms with E-state index < -0.39 is 10.0 Å². The molecule has 3 N–H and O–H groups in total. The molecule has 0 radical (unpaired) electrons. The number of carbonyl (C=O) groups excluding carboxylic acids is 1. The number of amides is 1. The van der Waals surface area contributed by atoms with Crippen molar-refractivity contribution in [1.29, 1.82) is 5.26 Å². The molecule has 11 nitrogen and oxygen atoms in total. The van der Waals surface area contributed by atoms with E-state index in [0.717, 1.165) is 22.5 Å². The molecule has 3 heterocycles. The van der Waals surface area contributed by atoms with E-state index in [2.05, 4.69) is 30.3 Å². The number of nitriles is 1. The molecule has 5 rings (SSSR count). The van der Waals surface area contributed by atoms with E-state index in [1.807, 2.05) is 31.3 Å². The Balaban J connectivity index is 1.25. The number of anilines is 3. The van der Waals surface area contributed by atoms with Gasteiger partial charge in [0.25, 0.3) is 5.91 Å². The monoisotopic (exact) mass is 554 g/mol. The average molecular weight is 555 g/mol. The zero-order valence-corrected chi connectivity index (χ0v) is 22.4. The normalized spacial score (nSPS) is 14.9. The number of aryl methyl sites for hydroxylation is 1. The number of hydrogen-bond donors (Lipinski definition) is 3. The Morgan fingerprint density at radius 2 is 1.93 bits per heavy atom. The van der Waals surface area contributed by atoms with Gasteiger partial charge in [0, 0.05) is 60.2 Å². The summed E-state index contributed by atoms with van der Waals surface area (Å²) in [5.41, 5.74) is 4.08. The zero-order chi connectivity index (χ0) is 28.1. The smallest absolute Gasteiger partial charge is 0.255 e. The summed E-state index contributed by atoms with van der Waals surface area (Å²) in [6.45, 7) is 2.78. The van der Waals surface area contributed by atoms with Crippen LogP contribution >= 0.6 is 0 Å². The predicted octanol–water partition coefficient (Wildman–Crippen LogP) is 3.68. The van der Waals surface area contributed by atoms with E-state index in [1.54, 1.807) is 36.8 Å². The minimum absolute atomic E-state index is 0.0507. The molecule has 0 spiro atoms. The molecule has 2 aromatic heterocycles. The number of hydrogen-bond acceptors (Lipinski definition) is 9. The molecule has 1 atom stereocenters. The lowest BCUT2D eigenvalue weighted by Crippen LogP contribution is -2.36. The first kappa shape index (κ1) is 26.7. The summed E-state index contributed by atoms with van der Waals surface area (Å²) in [6, 6.07) is 16.4. The molecule has 1 saturated heterocycles. The number of nitrogens with one attached hydrogen (secondary N) is 3. The van der Waals surface area contributed by atoms with Gasteiger partial charge in [-0.2, -0.15) is 5.26 Å².